The van der Waals surface area contributed by atoms with Crippen LogP contribution in [0.15, 0.2) is 36.7 Å². The lowest BCUT2D eigenvalue weighted by molar-refractivity contribution is -0.191. The van der Waals surface area contributed by atoms with Crippen LogP contribution in [-0.2, 0) is 9.59 Å². The van der Waals surface area contributed by atoms with E-state index in [-0.39, 0.29) is 12.3 Å². The Bertz CT molecular complexity index is 1040. The third kappa shape index (κ3) is 5.67. The van der Waals surface area contributed by atoms with Gasteiger partial charge in [0.1, 0.15) is 5.75 Å². The highest BCUT2D eigenvalue weighted by molar-refractivity contribution is 5.95. The van der Waals surface area contributed by atoms with Crippen molar-refractivity contribution in [2.45, 2.75) is 44.8 Å². The summed E-state index contributed by atoms with van der Waals surface area (Å²) < 4.78 is 11.4. The molecule has 0 amide bonds. The van der Waals surface area contributed by atoms with Crippen molar-refractivity contribution in [1.29, 1.82) is 0 Å². The number of nitrogens with two attached hydrogens (primary N) is 1. The molecule has 2 heterocycles. The van der Waals surface area contributed by atoms with E-state index in [1.165, 1.54) is 0 Å². The summed E-state index contributed by atoms with van der Waals surface area (Å²) in [6, 6.07) is 8.16. The van der Waals surface area contributed by atoms with Gasteiger partial charge in [-0.3, -0.25) is 4.98 Å². The van der Waals surface area contributed by atoms with Crippen molar-refractivity contribution in [2.75, 3.05) is 18.2 Å². The highest BCUT2D eigenvalue weighted by atomic mass is 16.5. The molecule has 0 aliphatic heterocycles. The summed E-state index contributed by atoms with van der Waals surface area (Å²) in [4.78, 5) is 29.4. The predicted octanol–water partition coefficient (Wildman–Crippen LogP) is 3.14. The van der Waals surface area contributed by atoms with Crippen molar-refractivity contribution in [1.82, 2.24) is 15.0 Å². The normalized spacial score (nSPS) is 17.7. The van der Waals surface area contributed by atoms with Gasteiger partial charge in [-0.1, -0.05) is 6.07 Å². The van der Waals surface area contributed by atoms with E-state index in [1.54, 1.807) is 19.5 Å². The molecule has 3 aromatic rings. The molecule has 162 valence electrons. The fourth-order valence-electron chi connectivity index (χ4n) is 3.70. The molecular weight excluding hydrogens is 398 g/mol. The third-order valence-corrected chi connectivity index (χ3v) is 5.12. The van der Waals surface area contributed by atoms with Gasteiger partial charge in [-0.15, -0.1) is 0 Å². The van der Waals surface area contributed by atoms with Crippen molar-refractivity contribution >= 4 is 28.7 Å². The summed E-state index contributed by atoms with van der Waals surface area (Å²) in [7, 11) is 1.61. The topological polar surface area (TPSA) is 129 Å². The van der Waals surface area contributed by atoms with E-state index in [2.05, 4.69) is 20.3 Å². The molecule has 0 bridgehead atoms. The molecule has 1 saturated carbocycles. The number of rotatable bonds is 5. The van der Waals surface area contributed by atoms with E-state index in [1.807, 2.05) is 31.2 Å². The number of pyridine rings is 1. The van der Waals surface area contributed by atoms with Crippen LogP contribution in [0, 0.1) is 6.92 Å². The summed E-state index contributed by atoms with van der Waals surface area (Å²) in [6.45, 7) is 1.95. The summed E-state index contributed by atoms with van der Waals surface area (Å²) >= 11 is 0. The minimum atomic E-state index is 0.168. The first-order chi connectivity index (χ1) is 15.0. The minimum Gasteiger partial charge on any atom is -0.494 e. The van der Waals surface area contributed by atoms with Gasteiger partial charge in [-0.25, -0.2) is 9.97 Å². The fourth-order valence-corrected chi connectivity index (χ4v) is 3.70. The number of aromatic nitrogens is 3. The molecule has 0 radical (unpaired) electrons. The Morgan fingerprint density at radius 2 is 1.81 bits per heavy atom. The van der Waals surface area contributed by atoms with E-state index in [9.17, 15) is 0 Å². The molecular formula is C22H25N5O4. The van der Waals surface area contributed by atoms with Crippen molar-refractivity contribution < 1.29 is 19.1 Å². The lowest BCUT2D eigenvalue weighted by atomic mass is 9.93. The highest BCUT2D eigenvalue weighted by Crippen LogP contribution is 2.33. The number of carbonyl (C=O) groups excluding carboxylic acids is 2. The number of aryl methyl sites for hydroxylation is 1. The van der Waals surface area contributed by atoms with Crippen molar-refractivity contribution in [3.8, 4) is 11.5 Å². The number of anilines is 2. The van der Waals surface area contributed by atoms with Crippen molar-refractivity contribution in [2.24, 2.45) is 0 Å². The van der Waals surface area contributed by atoms with Gasteiger partial charge in [0.15, 0.2) is 5.75 Å². The lowest BCUT2D eigenvalue weighted by Crippen LogP contribution is -2.31. The largest absolute Gasteiger partial charge is 0.494 e. The monoisotopic (exact) mass is 423 g/mol. The second-order valence-electron chi connectivity index (χ2n) is 7.27. The van der Waals surface area contributed by atoms with Crippen LogP contribution in [0.4, 0.5) is 11.6 Å². The number of nitrogen functional groups attached to an aromatic ring is 1. The van der Waals surface area contributed by atoms with Gasteiger partial charge in [-0.2, -0.15) is 9.59 Å². The zero-order chi connectivity index (χ0) is 22.2. The zero-order valence-electron chi connectivity index (χ0n) is 17.5. The number of nitrogens with zero attached hydrogens (tertiary/aromatic N) is 3. The minimum absolute atomic E-state index is 0.168. The standard InChI is InChI=1S/C21H25N5O2.CO2/c1-13-10-17(22)20-18(25-13)4-3-5-19(20)28-15-8-6-14(7-9-15)26-21-23-11-16(27-2)12-24-21;2-1-3/h3-5,10-12,14-15H,6-9H2,1-2H3,(H2,22,25)(H,23,24,26);. The Morgan fingerprint density at radius 1 is 1.13 bits per heavy atom. The van der Waals surface area contributed by atoms with Gasteiger partial charge in [0.2, 0.25) is 5.95 Å². The molecule has 1 aromatic carbocycles. The van der Waals surface area contributed by atoms with Crippen LogP contribution >= 0.6 is 0 Å². The van der Waals surface area contributed by atoms with E-state index in [0.717, 1.165) is 48.0 Å². The third-order valence-electron chi connectivity index (χ3n) is 5.12. The van der Waals surface area contributed by atoms with Crippen LogP contribution in [0.2, 0.25) is 0 Å². The first-order valence-electron chi connectivity index (χ1n) is 9.98. The maximum Gasteiger partial charge on any atom is 0.373 e. The molecule has 9 nitrogen and oxygen atoms in total. The highest BCUT2D eigenvalue weighted by Gasteiger charge is 2.24. The zero-order valence-corrected chi connectivity index (χ0v) is 17.5. The van der Waals surface area contributed by atoms with Gasteiger partial charge in [-0.05, 0) is 50.8 Å². The molecule has 1 fully saturated rings. The molecule has 4 rings (SSSR count). The van der Waals surface area contributed by atoms with E-state index < -0.39 is 0 Å². The van der Waals surface area contributed by atoms with Crippen LogP contribution in [-0.4, -0.2) is 40.4 Å². The number of hydrogen-bond donors (Lipinski definition) is 2. The number of benzene rings is 1. The first kappa shape index (κ1) is 22.0. The summed E-state index contributed by atoms with van der Waals surface area (Å²) in [6.07, 6.45) is 7.68. The van der Waals surface area contributed by atoms with Crippen LogP contribution in [0.1, 0.15) is 31.4 Å². The summed E-state index contributed by atoms with van der Waals surface area (Å²) in [5.41, 5.74) is 8.74. The molecule has 0 spiro atoms. The quantitative estimate of drug-likeness (QED) is 0.635. The fraction of sp³-hybridized carbons (Fsp3) is 0.364. The van der Waals surface area contributed by atoms with Gasteiger partial charge in [0.05, 0.1) is 36.5 Å². The lowest BCUT2D eigenvalue weighted by Gasteiger charge is -2.30. The average Bonchev–Trinajstić information content (AvgIpc) is 2.76. The van der Waals surface area contributed by atoms with Crippen LogP contribution in [0.3, 0.4) is 0 Å². The van der Waals surface area contributed by atoms with Gasteiger partial charge in [0.25, 0.3) is 0 Å². The number of fused-ring (bicyclic) bond motifs is 1. The maximum absolute atomic E-state index is 8.12. The Hall–Kier alpha value is -3.71. The van der Waals surface area contributed by atoms with Gasteiger partial charge in [0, 0.05) is 17.4 Å². The number of hydrogen-bond acceptors (Lipinski definition) is 9. The Kier molecular flexibility index (Phi) is 7.35. The smallest absolute Gasteiger partial charge is 0.373 e. The average molecular weight is 423 g/mol. The predicted molar refractivity (Wildman–Crippen MR) is 115 cm³/mol. The first-order valence-corrected chi connectivity index (χ1v) is 9.98. The van der Waals surface area contributed by atoms with E-state index >= 15 is 0 Å². The summed E-state index contributed by atoms with van der Waals surface area (Å²) in [5, 5.41) is 4.30. The Balaban J connectivity index is 0.000000858. The Morgan fingerprint density at radius 3 is 2.45 bits per heavy atom. The van der Waals surface area contributed by atoms with Crippen LogP contribution in [0.5, 0.6) is 11.5 Å². The number of nitrogens with one attached hydrogen (secondary N) is 1. The molecule has 31 heavy (non-hydrogen) atoms. The van der Waals surface area contributed by atoms with E-state index in [0.29, 0.717) is 23.4 Å². The van der Waals surface area contributed by atoms with Gasteiger partial charge < -0.3 is 20.5 Å². The second-order valence-corrected chi connectivity index (χ2v) is 7.27. The van der Waals surface area contributed by atoms with E-state index in [4.69, 9.17) is 24.8 Å². The maximum atomic E-state index is 8.12. The summed E-state index contributed by atoms with van der Waals surface area (Å²) in [5.74, 6) is 2.10. The number of methoxy groups -OCH3 is 1. The SMILES string of the molecule is COc1cnc(NC2CCC(Oc3cccc4nc(C)cc(N)c34)CC2)nc1.O=C=O. The van der Waals surface area contributed by atoms with Crippen LogP contribution in [0.25, 0.3) is 10.9 Å². The molecule has 0 unspecified atom stereocenters. The second kappa shape index (κ2) is 10.4. The number of ether oxygens (including phenoxy) is 2. The van der Waals surface area contributed by atoms with Crippen molar-refractivity contribution in [3.05, 3.63) is 42.4 Å². The van der Waals surface area contributed by atoms with Gasteiger partial charge >= 0.3 is 6.15 Å². The van der Waals surface area contributed by atoms with Crippen LogP contribution < -0.4 is 20.5 Å². The molecule has 9 heteroatoms. The molecule has 1 aliphatic rings. The molecule has 1 aliphatic carbocycles. The molecule has 0 atom stereocenters. The molecule has 2 aromatic heterocycles. The Labute approximate surface area is 180 Å². The molecule has 0 saturated heterocycles. The molecule has 3 N–H and O–H groups in total. The van der Waals surface area contributed by atoms with Crippen molar-refractivity contribution in [3.63, 3.8) is 0 Å².